The number of cyclic esters (lactones) is 1. The maximum absolute atomic E-state index is 13.0. The van der Waals surface area contributed by atoms with E-state index >= 15 is 0 Å². The molecule has 0 N–H and O–H groups in total. The van der Waals surface area contributed by atoms with Crippen LogP contribution in [0.5, 0.6) is 0 Å². The second-order valence-corrected chi connectivity index (χ2v) is 10.7. The highest BCUT2D eigenvalue weighted by Gasteiger charge is 2.52. The molecule has 3 saturated heterocycles. The number of esters is 1. The zero-order chi connectivity index (χ0) is 20.5. The highest BCUT2D eigenvalue weighted by Crippen LogP contribution is 2.44. The van der Waals surface area contributed by atoms with E-state index in [0.717, 1.165) is 31.6 Å². The molecule has 1 aromatic rings. The number of hydrogen-bond donors (Lipinski definition) is 0. The van der Waals surface area contributed by atoms with Crippen LogP contribution < -0.4 is 0 Å². The minimum absolute atomic E-state index is 0.0514. The minimum atomic E-state index is -3.55. The van der Waals surface area contributed by atoms with Gasteiger partial charge < -0.3 is 4.74 Å². The number of carbonyl (C=O) groups is 1. The summed E-state index contributed by atoms with van der Waals surface area (Å²) in [5, 5.41) is 0. The molecule has 4 rings (SSSR count). The molecule has 3 fully saturated rings. The van der Waals surface area contributed by atoms with Gasteiger partial charge in [0.2, 0.25) is 0 Å². The largest absolute Gasteiger partial charge is 0.461 e. The van der Waals surface area contributed by atoms with Crippen LogP contribution in [0.4, 0.5) is 0 Å². The molecule has 3 aliphatic rings. The van der Waals surface area contributed by atoms with Gasteiger partial charge in [0.15, 0.2) is 0 Å². The molecule has 0 aliphatic carbocycles. The fourth-order valence-electron chi connectivity index (χ4n) is 4.86. The van der Waals surface area contributed by atoms with E-state index in [9.17, 15) is 13.2 Å². The van der Waals surface area contributed by atoms with Gasteiger partial charge in [-0.2, -0.15) is 17.0 Å². The van der Waals surface area contributed by atoms with Crippen molar-refractivity contribution in [3.63, 3.8) is 0 Å². The van der Waals surface area contributed by atoms with E-state index in [1.165, 1.54) is 21.5 Å². The van der Waals surface area contributed by atoms with Crippen molar-refractivity contribution in [1.82, 2.24) is 13.5 Å². The standard InChI is InChI=1S/C21H31N3O4S/c1-22(16-18-7-3-2-4-8-18)29(26,27)24-13-9-21(10-14-24)15-19(28-20(21)25)17-23-11-5-6-12-23/h2-4,7-8,19H,5-6,9-17H2,1H3. The normalized spacial score (nSPS) is 25.7. The number of benzene rings is 1. The Morgan fingerprint density at radius 2 is 1.76 bits per heavy atom. The number of nitrogens with zero attached hydrogens (tertiary/aromatic N) is 3. The van der Waals surface area contributed by atoms with E-state index in [0.29, 0.717) is 32.5 Å². The summed E-state index contributed by atoms with van der Waals surface area (Å²) in [6.07, 6.45) is 4.19. The number of likely N-dealkylation sites (tertiary alicyclic amines) is 1. The third kappa shape index (κ3) is 4.35. The van der Waals surface area contributed by atoms with Crippen molar-refractivity contribution in [2.75, 3.05) is 39.8 Å². The zero-order valence-electron chi connectivity index (χ0n) is 17.1. The second-order valence-electron chi connectivity index (χ2n) is 8.67. The van der Waals surface area contributed by atoms with E-state index in [4.69, 9.17) is 4.74 Å². The number of ether oxygens (including phenoxy) is 1. The highest BCUT2D eigenvalue weighted by molar-refractivity contribution is 7.86. The van der Waals surface area contributed by atoms with Crippen molar-refractivity contribution in [3.05, 3.63) is 35.9 Å². The molecular formula is C21H31N3O4S. The molecule has 160 valence electrons. The Labute approximate surface area is 173 Å². The van der Waals surface area contributed by atoms with Crippen LogP contribution in [0, 0.1) is 5.41 Å². The molecule has 1 aromatic carbocycles. The summed E-state index contributed by atoms with van der Waals surface area (Å²) in [5.74, 6) is -0.128. The molecule has 29 heavy (non-hydrogen) atoms. The first-order valence-electron chi connectivity index (χ1n) is 10.6. The van der Waals surface area contributed by atoms with Crippen molar-refractivity contribution in [2.24, 2.45) is 5.41 Å². The Kier molecular flexibility index (Phi) is 5.97. The van der Waals surface area contributed by atoms with Crippen LogP contribution >= 0.6 is 0 Å². The number of piperidine rings is 1. The molecular weight excluding hydrogens is 390 g/mol. The predicted octanol–water partition coefficient (Wildman–Crippen LogP) is 1.86. The summed E-state index contributed by atoms with van der Waals surface area (Å²) in [6.45, 7) is 4.06. The summed E-state index contributed by atoms with van der Waals surface area (Å²) < 4.78 is 34.6. The van der Waals surface area contributed by atoms with Gasteiger partial charge in [-0.05, 0) is 44.3 Å². The van der Waals surface area contributed by atoms with E-state index in [1.54, 1.807) is 7.05 Å². The van der Waals surface area contributed by atoms with Crippen molar-refractivity contribution >= 4 is 16.2 Å². The average molecular weight is 422 g/mol. The number of rotatable bonds is 6. The maximum Gasteiger partial charge on any atom is 0.312 e. The van der Waals surface area contributed by atoms with E-state index < -0.39 is 15.6 Å². The molecule has 3 aliphatic heterocycles. The molecule has 1 spiro atoms. The van der Waals surface area contributed by atoms with Gasteiger partial charge >= 0.3 is 5.97 Å². The van der Waals surface area contributed by atoms with Crippen LogP contribution in [-0.2, 0) is 26.3 Å². The molecule has 1 unspecified atom stereocenters. The maximum atomic E-state index is 13.0. The lowest BCUT2D eigenvalue weighted by molar-refractivity contribution is -0.150. The van der Waals surface area contributed by atoms with Crippen LogP contribution in [0.1, 0.15) is 37.7 Å². The van der Waals surface area contributed by atoms with E-state index in [-0.39, 0.29) is 12.1 Å². The summed E-state index contributed by atoms with van der Waals surface area (Å²) in [5.41, 5.74) is 0.449. The molecule has 0 saturated carbocycles. The Morgan fingerprint density at radius 1 is 1.10 bits per heavy atom. The third-order valence-electron chi connectivity index (χ3n) is 6.63. The SMILES string of the molecule is CN(Cc1ccccc1)S(=O)(=O)N1CCC2(CC1)CC(CN1CCCC1)OC2=O. The molecule has 0 radical (unpaired) electrons. The Bertz CT molecular complexity index is 816. The molecule has 0 bridgehead atoms. The monoisotopic (exact) mass is 421 g/mol. The molecule has 0 aromatic heterocycles. The number of hydrogen-bond acceptors (Lipinski definition) is 5. The van der Waals surface area contributed by atoms with Crippen LogP contribution in [0.2, 0.25) is 0 Å². The Hall–Kier alpha value is -1.48. The van der Waals surface area contributed by atoms with Crippen LogP contribution in [0.3, 0.4) is 0 Å². The first kappa shape index (κ1) is 20.8. The van der Waals surface area contributed by atoms with Crippen LogP contribution in [0.15, 0.2) is 30.3 Å². The minimum Gasteiger partial charge on any atom is -0.461 e. The Morgan fingerprint density at radius 3 is 2.41 bits per heavy atom. The summed E-state index contributed by atoms with van der Waals surface area (Å²) >= 11 is 0. The third-order valence-corrected chi connectivity index (χ3v) is 8.57. The molecule has 0 amide bonds. The van der Waals surface area contributed by atoms with Gasteiger partial charge in [0, 0.05) is 39.6 Å². The fourth-order valence-corrected chi connectivity index (χ4v) is 6.22. The van der Waals surface area contributed by atoms with Crippen molar-refractivity contribution in [1.29, 1.82) is 0 Å². The number of carbonyl (C=O) groups excluding carboxylic acids is 1. The molecule has 3 heterocycles. The van der Waals surface area contributed by atoms with Crippen LogP contribution in [-0.4, -0.2) is 73.8 Å². The first-order chi connectivity index (χ1) is 13.9. The smallest absolute Gasteiger partial charge is 0.312 e. The molecule has 8 heteroatoms. The lowest BCUT2D eigenvalue weighted by Gasteiger charge is -2.37. The van der Waals surface area contributed by atoms with Gasteiger partial charge in [-0.25, -0.2) is 0 Å². The first-order valence-corrected chi connectivity index (χ1v) is 12.0. The quantitative estimate of drug-likeness (QED) is 0.656. The van der Waals surface area contributed by atoms with Crippen molar-refractivity contribution in [2.45, 2.75) is 44.8 Å². The van der Waals surface area contributed by atoms with Crippen LogP contribution in [0.25, 0.3) is 0 Å². The highest BCUT2D eigenvalue weighted by atomic mass is 32.2. The van der Waals surface area contributed by atoms with Crippen molar-refractivity contribution < 1.29 is 17.9 Å². The predicted molar refractivity (Wildman–Crippen MR) is 110 cm³/mol. The molecule has 7 nitrogen and oxygen atoms in total. The fraction of sp³-hybridized carbons (Fsp3) is 0.667. The van der Waals surface area contributed by atoms with E-state index in [1.807, 2.05) is 30.3 Å². The lowest BCUT2D eigenvalue weighted by atomic mass is 9.76. The Balaban J connectivity index is 1.35. The van der Waals surface area contributed by atoms with Gasteiger partial charge in [-0.15, -0.1) is 0 Å². The lowest BCUT2D eigenvalue weighted by Crippen LogP contribution is -2.49. The van der Waals surface area contributed by atoms with E-state index in [2.05, 4.69) is 4.90 Å². The van der Waals surface area contributed by atoms with Gasteiger partial charge in [0.25, 0.3) is 10.2 Å². The zero-order valence-corrected chi connectivity index (χ0v) is 17.9. The second kappa shape index (κ2) is 8.34. The topological polar surface area (TPSA) is 70.2 Å². The van der Waals surface area contributed by atoms with Gasteiger partial charge in [-0.1, -0.05) is 30.3 Å². The van der Waals surface area contributed by atoms with Gasteiger partial charge in [-0.3, -0.25) is 9.69 Å². The molecule has 1 atom stereocenters. The van der Waals surface area contributed by atoms with Gasteiger partial charge in [0.1, 0.15) is 6.10 Å². The van der Waals surface area contributed by atoms with Crippen molar-refractivity contribution in [3.8, 4) is 0 Å². The van der Waals surface area contributed by atoms with Gasteiger partial charge in [0.05, 0.1) is 5.41 Å². The summed E-state index contributed by atoms with van der Waals surface area (Å²) in [6, 6.07) is 9.58. The average Bonchev–Trinajstić information content (AvgIpc) is 3.31. The summed E-state index contributed by atoms with van der Waals surface area (Å²) in [4.78, 5) is 15.0. The summed E-state index contributed by atoms with van der Waals surface area (Å²) in [7, 11) is -1.94.